The number of alkyl halides is 2. The summed E-state index contributed by atoms with van der Waals surface area (Å²) in [6.45, 7) is 3.01. The smallest absolute Gasteiger partial charge is 0.272 e. The van der Waals surface area contributed by atoms with Crippen molar-refractivity contribution in [3.05, 3.63) is 23.9 Å². The fourth-order valence-corrected chi connectivity index (χ4v) is 1.78. The third-order valence-electron chi connectivity index (χ3n) is 2.62. The monoisotopic (exact) mass is 302 g/mol. The molecule has 7 heteroatoms. The van der Waals surface area contributed by atoms with Crippen molar-refractivity contribution in [2.45, 2.75) is 32.7 Å². The van der Waals surface area contributed by atoms with E-state index in [1.165, 1.54) is 18.2 Å². The fourth-order valence-electron chi connectivity index (χ4n) is 1.78. The maximum atomic E-state index is 12.1. The molecule has 0 aliphatic heterocycles. The van der Waals surface area contributed by atoms with Crippen LogP contribution >= 0.6 is 0 Å². The summed E-state index contributed by atoms with van der Waals surface area (Å²) in [6.07, 6.45) is -1.97. The number of aliphatic hydroxyl groups excluding tert-OH is 1. The van der Waals surface area contributed by atoms with Crippen molar-refractivity contribution in [3.63, 3.8) is 0 Å². The summed E-state index contributed by atoms with van der Waals surface area (Å²) in [7, 11) is 0. The van der Waals surface area contributed by atoms with Gasteiger partial charge in [-0.05, 0) is 18.4 Å². The predicted octanol–water partition coefficient (Wildman–Crippen LogP) is 1.86. The Morgan fingerprint density at radius 1 is 1.43 bits per heavy atom. The lowest BCUT2D eigenvalue weighted by molar-refractivity contribution is 0.0791. The van der Waals surface area contributed by atoms with E-state index >= 15 is 0 Å². The van der Waals surface area contributed by atoms with E-state index in [1.807, 2.05) is 13.8 Å². The van der Waals surface area contributed by atoms with Crippen LogP contribution in [0.1, 0.15) is 30.8 Å². The van der Waals surface area contributed by atoms with Crippen LogP contribution in [0.5, 0.6) is 5.88 Å². The van der Waals surface area contributed by atoms with Crippen molar-refractivity contribution < 1.29 is 23.4 Å². The molecule has 0 bridgehead atoms. The van der Waals surface area contributed by atoms with E-state index in [2.05, 4.69) is 10.3 Å². The number of hydrogen-bond acceptors (Lipinski definition) is 4. The number of hydrogen-bond donors (Lipinski definition) is 2. The molecule has 118 valence electrons. The molecule has 0 fully saturated rings. The van der Waals surface area contributed by atoms with Crippen LogP contribution in [0.2, 0.25) is 0 Å². The Labute approximate surface area is 122 Å². The number of pyridine rings is 1. The van der Waals surface area contributed by atoms with E-state index < -0.39 is 18.9 Å². The van der Waals surface area contributed by atoms with E-state index in [0.29, 0.717) is 12.3 Å². The molecule has 0 aromatic carbocycles. The molecule has 1 unspecified atom stereocenters. The van der Waals surface area contributed by atoms with Gasteiger partial charge in [0.25, 0.3) is 12.3 Å². The number of aliphatic hydroxyl groups is 1. The van der Waals surface area contributed by atoms with Gasteiger partial charge in [-0.3, -0.25) is 4.79 Å². The van der Waals surface area contributed by atoms with Gasteiger partial charge in [0, 0.05) is 6.07 Å². The van der Waals surface area contributed by atoms with Crippen LogP contribution in [0.4, 0.5) is 8.78 Å². The first-order chi connectivity index (χ1) is 9.92. The number of halogens is 2. The average Bonchev–Trinajstić information content (AvgIpc) is 2.44. The highest BCUT2D eigenvalue weighted by atomic mass is 19.3. The summed E-state index contributed by atoms with van der Waals surface area (Å²) in [4.78, 5) is 15.9. The van der Waals surface area contributed by atoms with Gasteiger partial charge in [-0.1, -0.05) is 19.9 Å². The minimum absolute atomic E-state index is 0.0349. The van der Waals surface area contributed by atoms with Crippen LogP contribution in [0.3, 0.4) is 0 Å². The van der Waals surface area contributed by atoms with Gasteiger partial charge < -0.3 is 15.2 Å². The van der Waals surface area contributed by atoms with Gasteiger partial charge in [-0.25, -0.2) is 13.8 Å². The highest BCUT2D eigenvalue weighted by molar-refractivity contribution is 5.92. The van der Waals surface area contributed by atoms with Gasteiger partial charge in [0.15, 0.2) is 6.61 Å². The van der Waals surface area contributed by atoms with E-state index in [9.17, 15) is 18.7 Å². The van der Waals surface area contributed by atoms with Gasteiger partial charge in [0.1, 0.15) is 5.69 Å². The molecular formula is C14H20F2N2O3. The van der Waals surface area contributed by atoms with E-state index in [4.69, 9.17) is 4.74 Å². The number of carbonyl (C=O) groups excluding carboxylic acids is 1. The van der Waals surface area contributed by atoms with Crippen LogP contribution in [-0.2, 0) is 0 Å². The second-order valence-electron chi connectivity index (χ2n) is 5.05. The van der Waals surface area contributed by atoms with Crippen molar-refractivity contribution in [3.8, 4) is 5.88 Å². The number of carbonyl (C=O) groups is 1. The number of amides is 1. The minimum Gasteiger partial charge on any atom is -0.472 e. The number of aromatic nitrogens is 1. The zero-order valence-corrected chi connectivity index (χ0v) is 12.1. The highest BCUT2D eigenvalue weighted by Crippen LogP contribution is 2.10. The largest absolute Gasteiger partial charge is 0.472 e. The van der Waals surface area contributed by atoms with Gasteiger partial charge in [-0.2, -0.15) is 0 Å². The van der Waals surface area contributed by atoms with E-state index in [1.54, 1.807) is 0 Å². The van der Waals surface area contributed by atoms with Crippen molar-refractivity contribution in [2.75, 3.05) is 13.2 Å². The third kappa shape index (κ3) is 6.48. The first-order valence-electron chi connectivity index (χ1n) is 6.72. The van der Waals surface area contributed by atoms with Gasteiger partial charge in [0.05, 0.1) is 12.6 Å². The maximum absolute atomic E-state index is 12.1. The summed E-state index contributed by atoms with van der Waals surface area (Å²) in [5.41, 5.74) is 0.0592. The molecule has 21 heavy (non-hydrogen) atoms. The zero-order chi connectivity index (χ0) is 15.8. The number of rotatable bonds is 8. The number of ether oxygens (including phenoxy) is 1. The first kappa shape index (κ1) is 17.3. The number of nitrogens with one attached hydrogen (secondary N) is 1. The Bertz CT molecular complexity index is 456. The van der Waals surface area contributed by atoms with Crippen LogP contribution < -0.4 is 10.1 Å². The van der Waals surface area contributed by atoms with Crippen molar-refractivity contribution in [1.29, 1.82) is 0 Å². The predicted molar refractivity (Wildman–Crippen MR) is 73.5 cm³/mol. The zero-order valence-electron chi connectivity index (χ0n) is 12.1. The molecule has 1 amide bonds. The molecular weight excluding hydrogens is 282 g/mol. The minimum atomic E-state index is -2.60. The maximum Gasteiger partial charge on any atom is 0.272 e. The molecule has 0 aliphatic rings. The summed E-state index contributed by atoms with van der Waals surface area (Å²) in [5.74, 6) is -0.194. The lowest BCUT2D eigenvalue weighted by atomic mass is 10.0. The summed E-state index contributed by atoms with van der Waals surface area (Å²) < 4.78 is 28.9. The molecule has 1 aromatic rings. The molecule has 0 radical (unpaired) electrons. The standard InChI is InChI=1S/C14H20F2N2O3/c1-9(2)6-10(7-19)17-14(20)11-4-3-5-13(18-11)21-8-12(15)16/h3-5,9-10,12,19H,6-8H2,1-2H3,(H,17,20). The third-order valence-corrected chi connectivity index (χ3v) is 2.62. The van der Waals surface area contributed by atoms with E-state index in [0.717, 1.165) is 0 Å². The quantitative estimate of drug-likeness (QED) is 0.769. The Hall–Kier alpha value is -1.76. The molecule has 0 saturated heterocycles. The SMILES string of the molecule is CC(C)CC(CO)NC(=O)c1cccc(OCC(F)F)n1. The summed E-state index contributed by atoms with van der Waals surface area (Å²) in [5, 5.41) is 11.9. The molecule has 0 aliphatic carbocycles. The van der Waals surface area contributed by atoms with Crippen LogP contribution in [-0.4, -0.2) is 41.7 Å². The van der Waals surface area contributed by atoms with Crippen molar-refractivity contribution in [1.82, 2.24) is 10.3 Å². The highest BCUT2D eigenvalue weighted by Gasteiger charge is 2.16. The second-order valence-corrected chi connectivity index (χ2v) is 5.05. The molecule has 5 nitrogen and oxygen atoms in total. The Kier molecular flexibility index (Phi) is 7.01. The molecule has 0 saturated carbocycles. The molecule has 0 spiro atoms. The lowest BCUT2D eigenvalue weighted by Gasteiger charge is -2.18. The van der Waals surface area contributed by atoms with Crippen LogP contribution in [0, 0.1) is 5.92 Å². The first-order valence-corrected chi connectivity index (χ1v) is 6.72. The van der Waals surface area contributed by atoms with Crippen LogP contribution in [0.25, 0.3) is 0 Å². The van der Waals surface area contributed by atoms with Gasteiger partial charge >= 0.3 is 0 Å². The van der Waals surface area contributed by atoms with E-state index in [-0.39, 0.29) is 24.2 Å². The van der Waals surface area contributed by atoms with Crippen LogP contribution in [0.15, 0.2) is 18.2 Å². The van der Waals surface area contributed by atoms with Crippen molar-refractivity contribution >= 4 is 5.91 Å². The molecule has 1 heterocycles. The van der Waals surface area contributed by atoms with Crippen molar-refractivity contribution in [2.24, 2.45) is 5.92 Å². The second kappa shape index (κ2) is 8.51. The average molecular weight is 302 g/mol. The Morgan fingerprint density at radius 2 is 2.14 bits per heavy atom. The molecule has 2 N–H and O–H groups in total. The Morgan fingerprint density at radius 3 is 2.71 bits per heavy atom. The summed E-state index contributed by atoms with van der Waals surface area (Å²) >= 11 is 0. The lowest BCUT2D eigenvalue weighted by Crippen LogP contribution is -2.38. The Balaban J connectivity index is 2.66. The topological polar surface area (TPSA) is 71.5 Å². The van der Waals surface area contributed by atoms with Gasteiger partial charge in [0.2, 0.25) is 5.88 Å². The molecule has 1 rings (SSSR count). The molecule has 1 atom stereocenters. The fraction of sp³-hybridized carbons (Fsp3) is 0.571. The number of nitrogens with zero attached hydrogens (tertiary/aromatic N) is 1. The summed E-state index contributed by atoms with van der Waals surface area (Å²) in [6, 6.07) is 3.98. The van der Waals surface area contributed by atoms with Gasteiger partial charge in [-0.15, -0.1) is 0 Å². The molecule has 1 aromatic heterocycles. The normalized spacial score (nSPS) is 12.5.